The van der Waals surface area contributed by atoms with Gasteiger partial charge in [0.2, 0.25) is 5.91 Å². The first-order chi connectivity index (χ1) is 10.6. The number of ether oxygens (including phenoxy) is 1. The molecule has 0 aromatic heterocycles. The first-order valence-corrected chi connectivity index (χ1v) is 8.03. The minimum Gasteiger partial charge on any atom is -0.469 e. The Bertz CT molecular complexity index is 473. The molecular formula is C17H24ClNO3. The van der Waals surface area contributed by atoms with E-state index >= 15 is 0 Å². The molecule has 0 aliphatic heterocycles. The van der Waals surface area contributed by atoms with Crippen LogP contribution >= 0.6 is 11.6 Å². The summed E-state index contributed by atoms with van der Waals surface area (Å²) in [6, 6.07) is 7.68. The van der Waals surface area contributed by atoms with E-state index in [0.717, 1.165) is 24.3 Å². The number of aryl methyl sites for hydroxylation is 1. The summed E-state index contributed by atoms with van der Waals surface area (Å²) in [4.78, 5) is 25.2. The molecule has 0 aliphatic carbocycles. The number of halogens is 1. The number of benzene rings is 1. The minimum absolute atomic E-state index is 0.0970. The van der Waals surface area contributed by atoms with E-state index in [1.54, 1.807) is 4.90 Å². The normalized spacial score (nSPS) is 10.3. The highest BCUT2D eigenvalue weighted by Gasteiger charge is 2.14. The summed E-state index contributed by atoms with van der Waals surface area (Å²) in [5.74, 6) is -0.185. The number of hydrogen-bond donors (Lipinski definition) is 0. The van der Waals surface area contributed by atoms with Gasteiger partial charge in [0.25, 0.3) is 0 Å². The zero-order chi connectivity index (χ0) is 16.4. The van der Waals surface area contributed by atoms with Crippen molar-refractivity contribution >= 4 is 23.5 Å². The number of carbonyl (C=O) groups is 2. The van der Waals surface area contributed by atoms with Crippen LogP contribution in [0.4, 0.5) is 0 Å². The standard InChI is InChI=1S/C17H24ClNO3/c1-3-12-19(13-11-17(21)22-2)16(20)6-4-5-14-7-9-15(18)10-8-14/h7-10H,3-6,11-13H2,1-2H3. The minimum atomic E-state index is -0.282. The van der Waals surface area contributed by atoms with Gasteiger partial charge in [-0.1, -0.05) is 30.7 Å². The molecule has 0 bridgehead atoms. The first-order valence-electron chi connectivity index (χ1n) is 7.65. The second-order valence-corrected chi connectivity index (χ2v) is 5.62. The van der Waals surface area contributed by atoms with Gasteiger partial charge in [-0.2, -0.15) is 0 Å². The molecule has 0 unspecified atom stereocenters. The number of esters is 1. The molecule has 0 fully saturated rings. The molecule has 1 aromatic rings. The van der Waals surface area contributed by atoms with Crippen LogP contribution in [0.2, 0.25) is 5.02 Å². The predicted molar refractivity (Wildman–Crippen MR) is 87.9 cm³/mol. The Morgan fingerprint density at radius 1 is 1.14 bits per heavy atom. The third kappa shape index (κ3) is 6.94. The fourth-order valence-corrected chi connectivity index (χ4v) is 2.34. The van der Waals surface area contributed by atoms with E-state index in [2.05, 4.69) is 4.74 Å². The molecule has 0 heterocycles. The highest BCUT2D eigenvalue weighted by atomic mass is 35.5. The Morgan fingerprint density at radius 3 is 2.41 bits per heavy atom. The van der Waals surface area contributed by atoms with Crippen molar-refractivity contribution in [3.05, 3.63) is 34.9 Å². The third-order valence-corrected chi connectivity index (χ3v) is 3.68. The summed E-state index contributed by atoms with van der Waals surface area (Å²) in [6.07, 6.45) is 3.26. The molecule has 0 spiro atoms. The van der Waals surface area contributed by atoms with Gasteiger partial charge in [0.15, 0.2) is 0 Å². The zero-order valence-corrected chi connectivity index (χ0v) is 14.1. The molecule has 4 nitrogen and oxygen atoms in total. The van der Waals surface area contributed by atoms with E-state index < -0.39 is 0 Å². The lowest BCUT2D eigenvalue weighted by Gasteiger charge is -2.21. The van der Waals surface area contributed by atoms with Crippen molar-refractivity contribution < 1.29 is 14.3 Å². The van der Waals surface area contributed by atoms with Crippen LogP contribution in [0.15, 0.2) is 24.3 Å². The molecule has 122 valence electrons. The van der Waals surface area contributed by atoms with Crippen LogP contribution in [0.5, 0.6) is 0 Å². The summed E-state index contributed by atoms with van der Waals surface area (Å²) >= 11 is 5.85. The van der Waals surface area contributed by atoms with E-state index in [-0.39, 0.29) is 18.3 Å². The van der Waals surface area contributed by atoms with Crippen molar-refractivity contribution in [2.24, 2.45) is 0 Å². The van der Waals surface area contributed by atoms with Gasteiger partial charge in [-0.15, -0.1) is 0 Å². The van der Waals surface area contributed by atoms with E-state index in [9.17, 15) is 9.59 Å². The van der Waals surface area contributed by atoms with Crippen LogP contribution in [0.25, 0.3) is 0 Å². The summed E-state index contributed by atoms with van der Waals surface area (Å²) in [5, 5.41) is 0.719. The quantitative estimate of drug-likeness (QED) is 0.653. The molecular weight excluding hydrogens is 302 g/mol. The molecule has 1 rings (SSSR count). The largest absolute Gasteiger partial charge is 0.469 e. The van der Waals surface area contributed by atoms with Gasteiger partial charge >= 0.3 is 5.97 Å². The Hall–Kier alpha value is -1.55. The Kier molecular flexibility index (Phi) is 8.60. The SMILES string of the molecule is CCCN(CCC(=O)OC)C(=O)CCCc1ccc(Cl)cc1. The second-order valence-electron chi connectivity index (χ2n) is 5.19. The number of methoxy groups -OCH3 is 1. The summed E-state index contributed by atoms with van der Waals surface area (Å²) in [5.41, 5.74) is 1.17. The fourth-order valence-electron chi connectivity index (χ4n) is 2.21. The van der Waals surface area contributed by atoms with Crippen LogP contribution in [0, 0.1) is 0 Å². The van der Waals surface area contributed by atoms with Gasteiger partial charge in [-0.25, -0.2) is 0 Å². The number of carbonyl (C=O) groups excluding carboxylic acids is 2. The molecule has 0 N–H and O–H groups in total. The van der Waals surface area contributed by atoms with Gasteiger partial charge in [-0.3, -0.25) is 9.59 Å². The molecule has 1 amide bonds. The van der Waals surface area contributed by atoms with Crippen LogP contribution in [-0.2, 0) is 20.7 Å². The Labute approximate surface area is 137 Å². The van der Waals surface area contributed by atoms with Gasteiger partial charge in [0.1, 0.15) is 0 Å². The second kappa shape index (κ2) is 10.2. The van der Waals surface area contributed by atoms with E-state index in [0.29, 0.717) is 19.5 Å². The average molecular weight is 326 g/mol. The zero-order valence-electron chi connectivity index (χ0n) is 13.3. The van der Waals surface area contributed by atoms with Crippen LogP contribution in [-0.4, -0.2) is 37.0 Å². The van der Waals surface area contributed by atoms with Gasteiger partial charge in [0.05, 0.1) is 13.5 Å². The van der Waals surface area contributed by atoms with Gasteiger partial charge in [-0.05, 0) is 37.0 Å². The van der Waals surface area contributed by atoms with Crippen molar-refractivity contribution in [2.45, 2.75) is 39.0 Å². The van der Waals surface area contributed by atoms with E-state index in [4.69, 9.17) is 11.6 Å². The number of amides is 1. The van der Waals surface area contributed by atoms with Crippen molar-refractivity contribution in [1.82, 2.24) is 4.90 Å². The summed E-state index contributed by atoms with van der Waals surface area (Å²) < 4.78 is 4.62. The highest BCUT2D eigenvalue weighted by molar-refractivity contribution is 6.30. The molecule has 0 saturated heterocycles. The van der Waals surface area contributed by atoms with Crippen LogP contribution in [0.3, 0.4) is 0 Å². The first kappa shape index (κ1) is 18.5. The third-order valence-electron chi connectivity index (χ3n) is 3.43. The molecule has 1 aromatic carbocycles. The number of nitrogens with zero attached hydrogens (tertiary/aromatic N) is 1. The monoisotopic (exact) mass is 325 g/mol. The molecule has 0 saturated carbocycles. The van der Waals surface area contributed by atoms with Crippen LogP contribution in [0.1, 0.15) is 38.2 Å². The van der Waals surface area contributed by atoms with E-state index in [1.165, 1.54) is 12.7 Å². The molecule has 0 aliphatic rings. The van der Waals surface area contributed by atoms with E-state index in [1.807, 2.05) is 31.2 Å². The van der Waals surface area contributed by atoms with Crippen molar-refractivity contribution in [2.75, 3.05) is 20.2 Å². The maximum Gasteiger partial charge on any atom is 0.307 e. The Balaban J connectivity index is 2.38. The fraction of sp³-hybridized carbons (Fsp3) is 0.529. The maximum absolute atomic E-state index is 12.2. The predicted octanol–water partition coefficient (Wildman–Crippen LogP) is 3.46. The van der Waals surface area contributed by atoms with Gasteiger partial charge in [0, 0.05) is 24.5 Å². The molecule has 5 heteroatoms. The smallest absolute Gasteiger partial charge is 0.307 e. The summed E-state index contributed by atoms with van der Waals surface area (Å²) in [6.45, 7) is 3.13. The van der Waals surface area contributed by atoms with Crippen molar-refractivity contribution in [3.63, 3.8) is 0 Å². The molecule has 0 radical (unpaired) electrons. The van der Waals surface area contributed by atoms with Crippen molar-refractivity contribution in [3.8, 4) is 0 Å². The van der Waals surface area contributed by atoms with Crippen LogP contribution < -0.4 is 0 Å². The maximum atomic E-state index is 12.2. The Morgan fingerprint density at radius 2 is 1.82 bits per heavy atom. The lowest BCUT2D eigenvalue weighted by atomic mass is 10.1. The van der Waals surface area contributed by atoms with Gasteiger partial charge < -0.3 is 9.64 Å². The lowest BCUT2D eigenvalue weighted by Crippen LogP contribution is -2.33. The van der Waals surface area contributed by atoms with Crippen molar-refractivity contribution in [1.29, 1.82) is 0 Å². The average Bonchev–Trinajstić information content (AvgIpc) is 2.52. The summed E-state index contributed by atoms with van der Waals surface area (Å²) in [7, 11) is 1.36. The topological polar surface area (TPSA) is 46.6 Å². The molecule has 0 atom stereocenters. The molecule has 22 heavy (non-hydrogen) atoms. The lowest BCUT2D eigenvalue weighted by molar-refractivity contribution is -0.141. The number of hydrogen-bond acceptors (Lipinski definition) is 3. The highest BCUT2D eigenvalue weighted by Crippen LogP contribution is 2.12. The number of rotatable bonds is 9.